The van der Waals surface area contributed by atoms with Gasteiger partial charge in [0.15, 0.2) is 6.10 Å². The zero-order chi connectivity index (χ0) is 14.7. The summed E-state index contributed by atoms with van der Waals surface area (Å²) in [6, 6.07) is 5.50. The molecule has 3 unspecified atom stereocenters. The molecule has 0 bridgehead atoms. The van der Waals surface area contributed by atoms with Crippen molar-refractivity contribution in [1.82, 2.24) is 0 Å². The van der Waals surface area contributed by atoms with Crippen LogP contribution in [0.25, 0.3) is 0 Å². The average molecular weight is 281 g/mol. The molecular formula is C14H19NO5. The van der Waals surface area contributed by atoms with Crippen LogP contribution in [-0.2, 0) is 9.53 Å². The number of ether oxygens (including phenoxy) is 2. The van der Waals surface area contributed by atoms with Gasteiger partial charge in [0.05, 0.1) is 6.10 Å². The molecule has 1 aromatic carbocycles. The molecule has 1 aliphatic rings. The maximum Gasteiger partial charge on any atom is 0.333 e. The predicted octanol–water partition coefficient (Wildman–Crippen LogP) is 1.37. The lowest BCUT2D eigenvalue weighted by atomic mass is 10.1. The van der Waals surface area contributed by atoms with E-state index in [4.69, 9.17) is 14.6 Å². The van der Waals surface area contributed by atoms with E-state index < -0.39 is 24.5 Å². The normalized spacial score (nSPS) is 26.1. The molecule has 6 nitrogen and oxygen atoms in total. The first-order chi connectivity index (χ1) is 9.49. The number of aliphatic hydroxyl groups excluding tert-OH is 1. The number of carboxylic acid groups (broad SMARTS) is 1. The average Bonchev–Trinajstić information content (AvgIpc) is 2.40. The Bertz CT molecular complexity index is 490. The predicted molar refractivity (Wildman–Crippen MR) is 72.9 cm³/mol. The molecule has 0 radical (unpaired) electrons. The number of nitrogens with one attached hydrogen (secondary N) is 1. The van der Waals surface area contributed by atoms with E-state index in [0.29, 0.717) is 5.75 Å². The Labute approximate surface area is 117 Å². The smallest absolute Gasteiger partial charge is 0.333 e. The van der Waals surface area contributed by atoms with Crippen LogP contribution in [0, 0.1) is 6.92 Å². The highest BCUT2D eigenvalue weighted by Crippen LogP contribution is 2.26. The highest BCUT2D eigenvalue weighted by atomic mass is 16.7. The maximum atomic E-state index is 10.9. The molecule has 0 spiro atoms. The molecule has 1 aliphatic heterocycles. The number of anilines is 1. The zero-order valence-corrected chi connectivity index (χ0v) is 11.5. The number of hydrogen-bond donors (Lipinski definition) is 3. The molecule has 20 heavy (non-hydrogen) atoms. The summed E-state index contributed by atoms with van der Waals surface area (Å²) in [4.78, 5) is 10.9. The molecular weight excluding hydrogens is 262 g/mol. The molecule has 1 fully saturated rings. The monoisotopic (exact) mass is 281 g/mol. The molecule has 1 saturated heterocycles. The van der Waals surface area contributed by atoms with E-state index in [1.807, 2.05) is 26.1 Å². The van der Waals surface area contributed by atoms with Gasteiger partial charge in [-0.25, -0.2) is 4.79 Å². The minimum Gasteiger partial charge on any atom is -0.479 e. The second-order valence-corrected chi connectivity index (χ2v) is 4.86. The first kappa shape index (κ1) is 14.6. The van der Waals surface area contributed by atoms with Crippen molar-refractivity contribution in [2.45, 2.75) is 38.3 Å². The van der Waals surface area contributed by atoms with Crippen molar-refractivity contribution in [3.05, 3.63) is 23.8 Å². The Morgan fingerprint density at radius 1 is 1.45 bits per heavy atom. The molecule has 1 heterocycles. The number of carbonyl (C=O) groups is 1. The summed E-state index contributed by atoms with van der Waals surface area (Å²) in [6.45, 7) is 1.97. The number of hydrogen-bond acceptors (Lipinski definition) is 5. The van der Waals surface area contributed by atoms with E-state index in [0.717, 1.165) is 11.3 Å². The van der Waals surface area contributed by atoms with Crippen LogP contribution < -0.4 is 10.1 Å². The van der Waals surface area contributed by atoms with Gasteiger partial charge >= 0.3 is 5.97 Å². The largest absolute Gasteiger partial charge is 0.479 e. The molecule has 2 rings (SSSR count). The standard InChI is InChI=1S/C14H19NO5/c1-8-3-4-10(7-11(8)15-2)19-13-6-9(16)5-12(20-13)14(17)18/h3-4,7,9,12-13,15-16H,5-6H2,1-2H3,(H,17,18). The van der Waals surface area contributed by atoms with E-state index >= 15 is 0 Å². The number of aliphatic carboxylic acids is 1. The van der Waals surface area contributed by atoms with Gasteiger partial charge in [-0.2, -0.15) is 0 Å². The fourth-order valence-electron chi connectivity index (χ4n) is 2.19. The van der Waals surface area contributed by atoms with Gasteiger partial charge in [0.25, 0.3) is 0 Å². The van der Waals surface area contributed by atoms with Crippen LogP contribution in [0.15, 0.2) is 18.2 Å². The van der Waals surface area contributed by atoms with Crippen LogP contribution in [0.3, 0.4) is 0 Å². The Balaban J connectivity index is 2.07. The topological polar surface area (TPSA) is 88.0 Å². The first-order valence-corrected chi connectivity index (χ1v) is 6.51. The highest BCUT2D eigenvalue weighted by molar-refractivity contribution is 5.72. The molecule has 0 aromatic heterocycles. The fourth-order valence-corrected chi connectivity index (χ4v) is 2.19. The zero-order valence-electron chi connectivity index (χ0n) is 11.5. The number of rotatable bonds is 4. The van der Waals surface area contributed by atoms with Crippen molar-refractivity contribution >= 4 is 11.7 Å². The van der Waals surface area contributed by atoms with Crippen molar-refractivity contribution < 1.29 is 24.5 Å². The van der Waals surface area contributed by atoms with Crippen molar-refractivity contribution in [2.75, 3.05) is 12.4 Å². The van der Waals surface area contributed by atoms with Gasteiger partial charge in [-0.05, 0) is 18.6 Å². The van der Waals surface area contributed by atoms with E-state index in [9.17, 15) is 9.90 Å². The van der Waals surface area contributed by atoms with Gasteiger partial charge in [-0.15, -0.1) is 0 Å². The van der Waals surface area contributed by atoms with E-state index in [2.05, 4.69) is 5.32 Å². The Kier molecular flexibility index (Phi) is 4.46. The van der Waals surface area contributed by atoms with Crippen molar-refractivity contribution in [3.63, 3.8) is 0 Å². The summed E-state index contributed by atoms with van der Waals surface area (Å²) in [7, 11) is 1.81. The van der Waals surface area contributed by atoms with Crippen LogP contribution in [-0.4, -0.2) is 41.7 Å². The number of benzene rings is 1. The van der Waals surface area contributed by atoms with Crippen molar-refractivity contribution in [1.29, 1.82) is 0 Å². The highest BCUT2D eigenvalue weighted by Gasteiger charge is 2.33. The summed E-state index contributed by atoms with van der Waals surface area (Å²) in [5.74, 6) is -0.514. The van der Waals surface area contributed by atoms with Crippen LogP contribution in [0.5, 0.6) is 5.75 Å². The van der Waals surface area contributed by atoms with Crippen molar-refractivity contribution in [2.24, 2.45) is 0 Å². The first-order valence-electron chi connectivity index (χ1n) is 6.51. The fraction of sp³-hybridized carbons (Fsp3) is 0.500. The molecule has 0 aliphatic carbocycles. The summed E-state index contributed by atoms with van der Waals surface area (Å²) < 4.78 is 10.9. The summed E-state index contributed by atoms with van der Waals surface area (Å²) in [6.07, 6.45) is -2.17. The molecule has 3 N–H and O–H groups in total. The van der Waals surface area contributed by atoms with Gasteiger partial charge in [0, 0.05) is 31.6 Å². The quantitative estimate of drug-likeness (QED) is 0.772. The lowest BCUT2D eigenvalue weighted by Gasteiger charge is -2.31. The van der Waals surface area contributed by atoms with Gasteiger partial charge in [0.1, 0.15) is 5.75 Å². The van der Waals surface area contributed by atoms with E-state index in [-0.39, 0.29) is 12.8 Å². The molecule has 0 saturated carbocycles. The molecule has 1 aromatic rings. The van der Waals surface area contributed by atoms with E-state index in [1.165, 1.54) is 0 Å². The van der Waals surface area contributed by atoms with Gasteiger partial charge in [-0.3, -0.25) is 0 Å². The molecule has 110 valence electrons. The maximum absolute atomic E-state index is 10.9. The Hall–Kier alpha value is -1.79. The lowest BCUT2D eigenvalue weighted by Crippen LogP contribution is -2.42. The Morgan fingerprint density at radius 2 is 2.20 bits per heavy atom. The van der Waals surface area contributed by atoms with Crippen molar-refractivity contribution in [3.8, 4) is 5.75 Å². The third kappa shape index (κ3) is 3.40. The second-order valence-electron chi connectivity index (χ2n) is 4.86. The van der Waals surface area contributed by atoms with Crippen LogP contribution in [0.2, 0.25) is 0 Å². The van der Waals surface area contributed by atoms with Crippen LogP contribution >= 0.6 is 0 Å². The third-order valence-electron chi connectivity index (χ3n) is 3.29. The summed E-state index contributed by atoms with van der Waals surface area (Å²) in [5, 5.41) is 21.7. The lowest BCUT2D eigenvalue weighted by molar-refractivity contribution is -0.195. The molecule has 0 amide bonds. The summed E-state index contributed by atoms with van der Waals surface area (Å²) in [5.41, 5.74) is 2.00. The van der Waals surface area contributed by atoms with Crippen LogP contribution in [0.4, 0.5) is 5.69 Å². The van der Waals surface area contributed by atoms with Crippen LogP contribution in [0.1, 0.15) is 18.4 Å². The number of aliphatic hydroxyl groups is 1. The van der Waals surface area contributed by atoms with E-state index in [1.54, 1.807) is 6.07 Å². The number of aryl methyl sites for hydroxylation is 1. The minimum atomic E-state index is -1.09. The third-order valence-corrected chi connectivity index (χ3v) is 3.29. The Morgan fingerprint density at radius 3 is 2.85 bits per heavy atom. The van der Waals surface area contributed by atoms with Gasteiger partial charge in [-0.1, -0.05) is 6.07 Å². The number of carboxylic acids is 1. The molecule has 3 atom stereocenters. The van der Waals surface area contributed by atoms with Gasteiger partial charge in [0.2, 0.25) is 6.29 Å². The molecule has 6 heteroatoms. The van der Waals surface area contributed by atoms with Gasteiger partial charge < -0.3 is 25.0 Å². The minimum absolute atomic E-state index is 0.0882. The second kappa shape index (κ2) is 6.11. The SMILES string of the molecule is CNc1cc(OC2CC(O)CC(C(=O)O)O2)ccc1C. The summed E-state index contributed by atoms with van der Waals surface area (Å²) >= 11 is 0.